The fourth-order valence-electron chi connectivity index (χ4n) is 7.64. The van der Waals surface area contributed by atoms with Crippen molar-refractivity contribution in [1.29, 1.82) is 0 Å². The van der Waals surface area contributed by atoms with E-state index in [1.165, 1.54) is 70.2 Å². The maximum absolute atomic E-state index is 7.18. The van der Waals surface area contributed by atoms with E-state index >= 15 is 0 Å². The van der Waals surface area contributed by atoms with Crippen LogP contribution in [0.5, 0.6) is 0 Å². The Balaban J connectivity index is 0.000000159. The molecular formula is C57H42Ag2P2+2. The van der Waals surface area contributed by atoms with Crippen LogP contribution in [0.25, 0.3) is 43.1 Å². The molecule has 0 aliphatic heterocycles. The molecule has 0 nitrogen and oxygen atoms in total. The van der Waals surface area contributed by atoms with Crippen molar-refractivity contribution in [2.75, 3.05) is 5.90 Å². The fourth-order valence-corrected chi connectivity index (χ4v) is 15.4. The molecule has 0 fully saturated rings. The molecule has 0 aliphatic rings. The zero-order chi connectivity index (χ0) is 40.2. The zero-order valence-electron chi connectivity index (χ0n) is 33.2. The molecule has 0 aliphatic carbocycles. The maximum atomic E-state index is 7.18. The predicted molar refractivity (Wildman–Crippen MR) is 261 cm³/mol. The van der Waals surface area contributed by atoms with Crippen molar-refractivity contribution >= 4 is 80.2 Å². The van der Waals surface area contributed by atoms with Crippen molar-refractivity contribution in [1.82, 2.24) is 0 Å². The predicted octanol–water partition coefficient (Wildman–Crippen LogP) is 12.5. The summed E-state index contributed by atoms with van der Waals surface area (Å²) in [5.74, 6) is 6.11. The van der Waals surface area contributed by atoms with Crippen molar-refractivity contribution in [2.45, 2.75) is 0 Å². The Labute approximate surface area is 394 Å². The molecule has 61 heavy (non-hydrogen) atoms. The summed E-state index contributed by atoms with van der Waals surface area (Å²) in [5, 5.41) is 15.7. The van der Waals surface area contributed by atoms with Gasteiger partial charge in [-0.15, -0.1) is 35.4 Å². The van der Waals surface area contributed by atoms with Gasteiger partial charge < -0.3 is 12.8 Å². The minimum absolute atomic E-state index is 0. The number of rotatable bonds is 6. The number of hydrogen-bond acceptors (Lipinski definition) is 0. The van der Waals surface area contributed by atoms with Gasteiger partial charge in [0.15, 0.2) is 5.90 Å². The third-order valence-electron chi connectivity index (χ3n) is 10.6. The Morgan fingerprint density at radius 2 is 0.557 bits per heavy atom. The molecular weight excluding hydrogens is 962 g/mol. The molecule has 0 saturated carbocycles. The molecule has 10 aromatic rings. The maximum Gasteiger partial charge on any atom is 1.00 e. The first kappa shape index (κ1) is 45.2. The summed E-state index contributed by atoms with van der Waals surface area (Å²) in [6, 6.07) is 81.5. The van der Waals surface area contributed by atoms with Crippen LogP contribution < -0.4 is 21.2 Å². The third-order valence-corrected chi connectivity index (χ3v) is 17.6. The van der Waals surface area contributed by atoms with E-state index in [9.17, 15) is 0 Å². The number of hydrogen-bond donors (Lipinski definition) is 0. The van der Waals surface area contributed by atoms with E-state index < -0.39 is 15.8 Å². The first-order valence-corrected chi connectivity index (χ1v) is 23.2. The van der Waals surface area contributed by atoms with Gasteiger partial charge in [0.25, 0.3) is 0 Å². The molecule has 10 rings (SSSR count). The van der Waals surface area contributed by atoms with Gasteiger partial charge in [-0.25, -0.2) is 0 Å². The molecule has 0 unspecified atom stereocenters. The molecule has 300 valence electrons. The average Bonchev–Trinajstić information content (AvgIpc) is 3.33. The summed E-state index contributed by atoms with van der Waals surface area (Å²) in [6.45, 7) is 0. The van der Waals surface area contributed by atoms with Gasteiger partial charge in [-0.1, -0.05) is 158 Å². The molecule has 0 aromatic heterocycles. The van der Waals surface area contributed by atoms with Crippen molar-refractivity contribution in [3.05, 3.63) is 254 Å². The standard InChI is InChI=1S/C25H22P2.2C16H9.2Ag/c1-5-13-22(14-6-1)26(23-15-7-2-8-16-23)21-27(24-17-9-3-10-18-24)25-19-11-4-12-20-25;2*1-2-12-7-8-14-10-9-13-5-3-4-6-15(13)16(14)11-12;;/h1-20H,21H2;2*3-11H;;/q;2*-1;2*+1/p+2. The van der Waals surface area contributed by atoms with Gasteiger partial charge in [-0.2, -0.15) is 0 Å². The van der Waals surface area contributed by atoms with Crippen LogP contribution in [0.15, 0.2) is 231 Å². The van der Waals surface area contributed by atoms with Crippen LogP contribution >= 0.6 is 15.8 Å². The van der Waals surface area contributed by atoms with Crippen LogP contribution in [0.1, 0.15) is 11.1 Å². The Hall–Kier alpha value is -5.30. The van der Waals surface area contributed by atoms with Crippen LogP contribution in [-0.2, 0) is 44.8 Å². The van der Waals surface area contributed by atoms with E-state index in [-0.39, 0.29) is 44.8 Å². The van der Waals surface area contributed by atoms with Crippen LogP contribution in [0, 0.1) is 24.7 Å². The van der Waals surface area contributed by atoms with Crippen molar-refractivity contribution in [3.63, 3.8) is 0 Å². The fraction of sp³-hybridized carbons (Fsp3) is 0.0175. The second-order valence-electron chi connectivity index (χ2n) is 14.3. The van der Waals surface area contributed by atoms with Gasteiger partial charge in [0, 0.05) is 0 Å². The van der Waals surface area contributed by atoms with Crippen LogP contribution in [0.4, 0.5) is 0 Å². The second-order valence-corrected chi connectivity index (χ2v) is 19.9. The molecule has 0 saturated heterocycles. The normalized spacial score (nSPS) is 10.4. The van der Waals surface area contributed by atoms with Gasteiger partial charge in [-0.05, 0) is 91.6 Å². The van der Waals surface area contributed by atoms with Crippen LogP contribution in [0.3, 0.4) is 0 Å². The van der Waals surface area contributed by atoms with E-state index in [2.05, 4.69) is 182 Å². The zero-order valence-corrected chi connectivity index (χ0v) is 38.2. The number of benzene rings is 10. The van der Waals surface area contributed by atoms with Crippen molar-refractivity contribution < 1.29 is 44.8 Å². The van der Waals surface area contributed by atoms with Crippen LogP contribution in [-0.4, -0.2) is 5.90 Å². The Morgan fingerprint density at radius 1 is 0.295 bits per heavy atom. The van der Waals surface area contributed by atoms with Gasteiger partial charge in [0.1, 0.15) is 37.1 Å². The molecule has 4 heteroatoms. The smallest absolute Gasteiger partial charge is 0.366 e. The monoisotopic (exact) mass is 1000 g/mol. The molecule has 10 aromatic carbocycles. The Bertz CT molecular complexity index is 2760. The first-order chi connectivity index (χ1) is 29.2. The molecule has 0 N–H and O–H groups in total. The van der Waals surface area contributed by atoms with Gasteiger partial charge in [0.05, 0.1) is 0 Å². The van der Waals surface area contributed by atoms with Gasteiger partial charge >= 0.3 is 44.8 Å². The largest absolute Gasteiger partial charge is 1.00 e. The van der Waals surface area contributed by atoms with E-state index in [0.29, 0.717) is 0 Å². The summed E-state index contributed by atoms with van der Waals surface area (Å²) in [6.07, 6.45) is 14.4. The van der Waals surface area contributed by atoms with Gasteiger partial charge in [0.2, 0.25) is 0 Å². The molecule has 0 spiro atoms. The summed E-state index contributed by atoms with van der Waals surface area (Å²) >= 11 is 0. The van der Waals surface area contributed by atoms with Crippen molar-refractivity contribution in [3.8, 4) is 11.8 Å². The number of fused-ring (bicyclic) bond motifs is 6. The summed E-state index contributed by atoms with van der Waals surface area (Å²) in [5.41, 5.74) is 1.65. The van der Waals surface area contributed by atoms with E-state index in [1.54, 1.807) is 0 Å². The van der Waals surface area contributed by atoms with Crippen LogP contribution in [0.2, 0.25) is 0 Å². The summed E-state index contributed by atoms with van der Waals surface area (Å²) in [4.78, 5) is 0. The second kappa shape index (κ2) is 22.5. The third kappa shape index (κ3) is 11.2. The van der Waals surface area contributed by atoms with E-state index in [1.807, 2.05) is 60.7 Å². The van der Waals surface area contributed by atoms with Gasteiger partial charge in [-0.3, -0.25) is 11.8 Å². The summed E-state index contributed by atoms with van der Waals surface area (Å²) < 4.78 is 0. The Kier molecular flexibility index (Phi) is 16.7. The summed E-state index contributed by atoms with van der Waals surface area (Å²) in [7, 11) is -1.69. The Morgan fingerprint density at radius 3 is 0.869 bits per heavy atom. The molecule has 0 heterocycles. The molecule has 0 bridgehead atoms. The van der Waals surface area contributed by atoms with Crippen molar-refractivity contribution in [2.24, 2.45) is 0 Å². The molecule has 0 amide bonds. The minimum Gasteiger partial charge on any atom is -0.366 e. The van der Waals surface area contributed by atoms with E-state index in [4.69, 9.17) is 12.8 Å². The first-order valence-electron chi connectivity index (χ1n) is 19.8. The molecule has 0 atom stereocenters. The van der Waals surface area contributed by atoms with E-state index in [0.717, 1.165) is 11.1 Å². The quantitative estimate of drug-likeness (QED) is 0.0512. The topological polar surface area (TPSA) is 0 Å². The SMILES string of the molecule is [Ag+].[Ag+].[C-]#Cc1ccc2ccc3ccccc3c2c1.[C-]#Cc1ccc2ccc3ccccc3c2c1.c1ccc([PH+](C[PH+](c2ccccc2)c2ccccc2)c2ccccc2)cc1. The average molecular weight is 1000 g/mol. The minimum atomic E-state index is -0.847. The molecule has 0 radical (unpaired) electrons.